The molecule has 2 heterocycles. The summed E-state index contributed by atoms with van der Waals surface area (Å²) in [5, 5.41) is 5.53. The fourth-order valence-corrected chi connectivity index (χ4v) is 3.76. The van der Waals surface area contributed by atoms with Crippen LogP contribution in [0.4, 0.5) is 10.1 Å². The Labute approximate surface area is 158 Å². The number of carbonyl (C=O) groups excluding carboxylic acids is 1. The number of aryl methyl sites for hydroxylation is 2. The normalized spacial score (nSPS) is 14.7. The quantitative estimate of drug-likeness (QED) is 0.712. The SMILES string of the molecule is Cc1cccc2cnn(CCC(=O)N3CCN(c4ccccc4F)CC3)c12. The maximum atomic E-state index is 13.9. The molecule has 1 aliphatic heterocycles. The summed E-state index contributed by atoms with van der Waals surface area (Å²) < 4.78 is 15.9. The van der Waals surface area contributed by atoms with E-state index in [1.165, 1.54) is 6.07 Å². The molecule has 0 spiro atoms. The van der Waals surface area contributed by atoms with Gasteiger partial charge in [0.1, 0.15) is 5.82 Å². The number of rotatable bonds is 4. The number of piperazine rings is 1. The minimum Gasteiger partial charge on any atom is -0.366 e. The molecule has 0 radical (unpaired) electrons. The molecular formula is C21H23FN4O. The number of amides is 1. The van der Waals surface area contributed by atoms with Gasteiger partial charge in [-0.1, -0.05) is 30.3 Å². The van der Waals surface area contributed by atoms with Crippen molar-refractivity contribution in [2.24, 2.45) is 0 Å². The Hall–Kier alpha value is -2.89. The first-order chi connectivity index (χ1) is 13.1. The maximum Gasteiger partial charge on any atom is 0.224 e. The molecule has 6 heteroatoms. The Morgan fingerprint density at radius 1 is 1.07 bits per heavy atom. The zero-order chi connectivity index (χ0) is 18.8. The molecule has 0 bridgehead atoms. The molecule has 5 nitrogen and oxygen atoms in total. The Morgan fingerprint density at radius 3 is 2.63 bits per heavy atom. The fourth-order valence-electron chi connectivity index (χ4n) is 3.76. The van der Waals surface area contributed by atoms with E-state index in [4.69, 9.17) is 0 Å². The van der Waals surface area contributed by atoms with Crippen molar-refractivity contribution in [3.63, 3.8) is 0 Å². The van der Waals surface area contributed by atoms with Crippen LogP contribution in [-0.4, -0.2) is 46.8 Å². The monoisotopic (exact) mass is 366 g/mol. The van der Waals surface area contributed by atoms with Gasteiger partial charge in [-0.3, -0.25) is 9.48 Å². The number of halogens is 1. The summed E-state index contributed by atoms with van der Waals surface area (Å²) in [6, 6.07) is 12.9. The van der Waals surface area contributed by atoms with Crippen molar-refractivity contribution in [2.45, 2.75) is 19.9 Å². The second-order valence-electron chi connectivity index (χ2n) is 6.95. The van der Waals surface area contributed by atoms with Crippen molar-refractivity contribution in [1.29, 1.82) is 0 Å². The van der Waals surface area contributed by atoms with Crippen LogP contribution in [-0.2, 0) is 11.3 Å². The molecule has 1 aliphatic rings. The van der Waals surface area contributed by atoms with Crippen LogP contribution in [0.3, 0.4) is 0 Å². The molecule has 4 rings (SSSR count). The van der Waals surface area contributed by atoms with Gasteiger partial charge in [-0.15, -0.1) is 0 Å². The van der Waals surface area contributed by atoms with E-state index >= 15 is 0 Å². The Kier molecular flexibility index (Phi) is 4.79. The van der Waals surface area contributed by atoms with E-state index in [-0.39, 0.29) is 11.7 Å². The predicted molar refractivity (Wildman–Crippen MR) is 104 cm³/mol. The molecule has 0 N–H and O–H groups in total. The number of fused-ring (bicyclic) bond motifs is 1. The number of anilines is 1. The van der Waals surface area contributed by atoms with Crippen molar-refractivity contribution < 1.29 is 9.18 Å². The van der Waals surface area contributed by atoms with Crippen molar-refractivity contribution in [2.75, 3.05) is 31.1 Å². The van der Waals surface area contributed by atoms with Gasteiger partial charge in [-0.05, 0) is 24.6 Å². The Balaban J connectivity index is 1.35. The standard InChI is InChI=1S/C21H23FN4O/c1-16-5-4-6-17-15-23-26(21(16)17)10-9-20(27)25-13-11-24(12-14-25)19-8-3-2-7-18(19)22/h2-8,15H,9-14H2,1H3. The van der Waals surface area contributed by atoms with Gasteiger partial charge in [0.05, 0.1) is 23.9 Å². The average Bonchev–Trinajstić information content (AvgIpc) is 3.11. The van der Waals surface area contributed by atoms with Crippen LogP contribution in [0.1, 0.15) is 12.0 Å². The zero-order valence-electron chi connectivity index (χ0n) is 15.4. The van der Waals surface area contributed by atoms with Crippen LogP contribution < -0.4 is 4.90 Å². The van der Waals surface area contributed by atoms with Gasteiger partial charge in [0.2, 0.25) is 5.91 Å². The zero-order valence-corrected chi connectivity index (χ0v) is 15.4. The molecule has 3 aromatic rings. The number of benzene rings is 2. The molecule has 1 aromatic heterocycles. The number of hydrogen-bond donors (Lipinski definition) is 0. The van der Waals surface area contributed by atoms with Gasteiger partial charge in [0, 0.05) is 38.0 Å². The van der Waals surface area contributed by atoms with E-state index < -0.39 is 0 Å². The highest BCUT2D eigenvalue weighted by Crippen LogP contribution is 2.21. The minimum absolute atomic E-state index is 0.125. The molecule has 1 amide bonds. The van der Waals surface area contributed by atoms with Crippen LogP contribution in [0.25, 0.3) is 10.9 Å². The Morgan fingerprint density at radius 2 is 1.85 bits per heavy atom. The van der Waals surface area contributed by atoms with Gasteiger partial charge >= 0.3 is 0 Å². The van der Waals surface area contributed by atoms with Gasteiger partial charge in [-0.25, -0.2) is 4.39 Å². The molecule has 1 fully saturated rings. The van der Waals surface area contributed by atoms with Crippen molar-refractivity contribution in [1.82, 2.24) is 14.7 Å². The maximum absolute atomic E-state index is 13.9. The highest BCUT2D eigenvalue weighted by molar-refractivity contribution is 5.82. The van der Waals surface area contributed by atoms with Gasteiger partial charge < -0.3 is 9.80 Å². The summed E-state index contributed by atoms with van der Waals surface area (Å²) >= 11 is 0. The number of nitrogens with zero attached hydrogens (tertiary/aromatic N) is 4. The van der Waals surface area contributed by atoms with Crippen molar-refractivity contribution >= 4 is 22.5 Å². The average molecular weight is 366 g/mol. The van der Waals surface area contributed by atoms with Crippen LogP contribution in [0.5, 0.6) is 0 Å². The van der Waals surface area contributed by atoms with Crippen molar-refractivity contribution in [3.8, 4) is 0 Å². The van der Waals surface area contributed by atoms with Gasteiger partial charge in [-0.2, -0.15) is 5.10 Å². The van der Waals surface area contributed by atoms with Gasteiger partial charge in [0.25, 0.3) is 0 Å². The second kappa shape index (κ2) is 7.39. The van der Waals surface area contributed by atoms with E-state index in [2.05, 4.69) is 18.1 Å². The lowest BCUT2D eigenvalue weighted by molar-refractivity contribution is -0.131. The Bertz CT molecular complexity index is 960. The molecule has 0 aliphatic carbocycles. The van der Waals surface area contributed by atoms with E-state index in [1.54, 1.807) is 12.1 Å². The van der Waals surface area contributed by atoms with E-state index in [0.717, 1.165) is 16.5 Å². The van der Waals surface area contributed by atoms with Crippen LogP contribution in [0.2, 0.25) is 0 Å². The number of aromatic nitrogens is 2. The van der Waals surface area contributed by atoms with Crippen LogP contribution >= 0.6 is 0 Å². The van der Waals surface area contributed by atoms with Crippen LogP contribution in [0, 0.1) is 12.7 Å². The number of para-hydroxylation sites is 2. The topological polar surface area (TPSA) is 41.4 Å². The third-order valence-corrected chi connectivity index (χ3v) is 5.23. The molecule has 0 atom stereocenters. The molecule has 2 aromatic carbocycles. The summed E-state index contributed by atoms with van der Waals surface area (Å²) in [6.45, 7) is 5.16. The third kappa shape index (κ3) is 3.52. The second-order valence-corrected chi connectivity index (χ2v) is 6.95. The van der Waals surface area contributed by atoms with E-state index in [0.29, 0.717) is 44.8 Å². The summed E-state index contributed by atoms with van der Waals surface area (Å²) in [7, 11) is 0. The number of hydrogen-bond acceptors (Lipinski definition) is 3. The predicted octanol–water partition coefficient (Wildman–Crippen LogP) is 3.22. The summed E-state index contributed by atoms with van der Waals surface area (Å²) in [5.74, 6) is -0.0846. The molecule has 0 saturated carbocycles. The van der Waals surface area contributed by atoms with Crippen LogP contribution in [0.15, 0.2) is 48.7 Å². The lowest BCUT2D eigenvalue weighted by Gasteiger charge is -2.36. The van der Waals surface area contributed by atoms with E-state index in [1.807, 2.05) is 38.9 Å². The first kappa shape index (κ1) is 17.5. The first-order valence-corrected chi connectivity index (χ1v) is 9.32. The van der Waals surface area contributed by atoms with Crippen molar-refractivity contribution in [3.05, 3.63) is 60.0 Å². The third-order valence-electron chi connectivity index (χ3n) is 5.23. The highest BCUT2D eigenvalue weighted by atomic mass is 19.1. The lowest BCUT2D eigenvalue weighted by Crippen LogP contribution is -2.49. The first-order valence-electron chi connectivity index (χ1n) is 9.32. The van der Waals surface area contributed by atoms with Gasteiger partial charge in [0.15, 0.2) is 0 Å². The molecule has 27 heavy (non-hydrogen) atoms. The molecule has 1 saturated heterocycles. The summed E-state index contributed by atoms with van der Waals surface area (Å²) in [6.07, 6.45) is 2.27. The number of carbonyl (C=O) groups is 1. The lowest BCUT2D eigenvalue weighted by atomic mass is 10.2. The fraction of sp³-hybridized carbons (Fsp3) is 0.333. The molecule has 0 unspecified atom stereocenters. The smallest absolute Gasteiger partial charge is 0.224 e. The molecular weight excluding hydrogens is 343 g/mol. The minimum atomic E-state index is -0.210. The van der Waals surface area contributed by atoms with E-state index in [9.17, 15) is 9.18 Å². The molecule has 140 valence electrons. The largest absolute Gasteiger partial charge is 0.366 e. The summed E-state index contributed by atoms with van der Waals surface area (Å²) in [4.78, 5) is 16.5. The highest BCUT2D eigenvalue weighted by Gasteiger charge is 2.22. The summed E-state index contributed by atoms with van der Waals surface area (Å²) in [5.41, 5.74) is 2.87.